The third kappa shape index (κ3) is 2.66. The van der Waals surface area contributed by atoms with Gasteiger partial charge in [0.05, 0.1) is 19.3 Å². The third-order valence-electron chi connectivity index (χ3n) is 3.97. The molecule has 2 atom stereocenters. The molecule has 20 heavy (non-hydrogen) atoms. The first-order chi connectivity index (χ1) is 9.65. The molecule has 3 rings (SSSR count). The molecule has 0 saturated carbocycles. The number of aryl methyl sites for hydroxylation is 2. The van der Waals surface area contributed by atoms with Crippen LogP contribution in [0.25, 0.3) is 0 Å². The van der Waals surface area contributed by atoms with Crippen LogP contribution in [0.2, 0.25) is 0 Å². The van der Waals surface area contributed by atoms with Gasteiger partial charge < -0.3 is 10.1 Å². The third-order valence-corrected chi connectivity index (χ3v) is 4.95. The van der Waals surface area contributed by atoms with Crippen molar-refractivity contribution < 1.29 is 4.74 Å². The predicted octanol–water partition coefficient (Wildman–Crippen LogP) is 4.29. The standard InChI is InChI=1S/C17H21NOS/c1-11-8-16(13(3)20-11)12(2)18-17-10-19-9-14-6-4-5-7-15(14)17/h4-8,12,17-18H,9-10H2,1-3H3. The van der Waals surface area contributed by atoms with Crippen molar-refractivity contribution in [2.45, 2.75) is 39.5 Å². The Hall–Kier alpha value is -1.16. The van der Waals surface area contributed by atoms with Crippen molar-refractivity contribution in [3.8, 4) is 0 Å². The fraction of sp³-hybridized carbons (Fsp3) is 0.412. The van der Waals surface area contributed by atoms with Gasteiger partial charge in [-0.3, -0.25) is 0 Å². The van der Waals surface area contributed by atoms with Gasteiger partial charge >= 0.3 is 0 Å². The van der Waals surface area contributed by atoms with E-state index in [-0.39, 0.29) is 6.04 Å². The van der Waals surface area contributed by atoms with E-state index in [0.29, 0.717) is 6.04 Å². The Morgan fingerprint density at radius 1 is 1.30 bits per heavy atom. The molecule has 1 N–H and O–H groups in total. The lowest BCUT2D eigenvalue weighted by atomic mass is 9.97. The van der Waals surface area contributed by atoms with Crippen LogP contribution >= 0.6 is 11.3 Å². The Labute approximate surface area is 124 Å². The smallest absolute Gasteiger partial charge is 0.0721 e. The summed E-state index contributed by atoms with van der Waals surface area (Å²) in [4.78, 5) is 2.79. The van der Waals surface area contributed by atoms with Crippen LogP contribution in [0.5, 0.6) is 0 Å². The van der Waals surface area contributed by atoms with E-state index in [9.17, 15) is 0 Å². The lowest BCUT2D eigenvalue weighted by molar-refractivity contribution is 0.0791. The fourth-order valence-electron chi connectivity index (χ4n) is 2.99. The van der Waals surface area contributed by atoms with Crippen LogP contribution in [0.3, 0.4) is 0 Å². The van der Waals surface area contributed by atoms with E-state index in [1.54, 1.807) is 0 Å². The van der Waals surface area contributed by atoms with E-state index in [1.807, 2.05) is 11.3 Å². The Balaban J connectivity index is 1.80. The minimum atomic E-state index is 0.287. The van der Waals surface area contributed by atoms with E-state index in [1.165, 1.54) is 26.4 Å². The van der Waals surface area contributed by atoms with Crippen molar-refractivity contribution in [3.05, 3.63) is 56.8 Å². The molecule has 106 valence electrons. The average Bonchev–Trinajstić information content (AvgIpc) is 2.78. The quantitative estimate of drug-likeness (QED) is 0.909. The molecule has 2 nitrogen and oxygen atoms in total. The summed E-state index contributed by atoms with van der Waals surface area (Å²) in [5.74, 6) is 0. The van der Waals surface area contributed by atoms with Gasteiger partial charge in [-0.2, -0.15) is 0 Å². The maximum atomic E-state index is 5.72. The Kier molecular flexibility index (Phi) is 3.92. The number of fused-ring (bicyclic) bond motifs is 1. The summed E-state index contributed by atoms with van der Waals surface area (Å²) >= 11 is 1.87. The molecule has 0 saturated heterocycles. The molecular formula is C17H21NOS. The zero-order chi connectivity index (χ0) is 14.1. The monoisotopic (exact) mass is 287 g/mol. The molecule has 1 aliphatic rings. The van der Waals surface area contributed by atoms with E-state index in [4.69, 9.17) is 4.74 Å². The van der Waals surface area contributed by atoms with Crippen LogP contribution in [0, 0.1) is 13.8 Å². The molecule has 2 aromatic rings. The van der Waals surface area contributed by atoms with Crippen LogP contribution in [0.15, 0.2) is 30.3 Å². The fourth-order valence-corrected chi connectivity index (χ4v) is 4.01. The largest absolute Gasteiger partial charge is 0.375 e. The lowest BCUT2D eigenvalue weighted by Gasteiger charge is -2.29. The van der Waals surface area contributed by atoms with Gasteiger partial charge in [-0.15, -0.1) is 11.3 Å². The van der Waals surface area contributed by atoms with Gasteiger partial charge in [0, 0.05) is 15.8 Å². The Bertz CT molecular complexity index is 605. The maximum Gasteiger partial charge on any atom is 0.0721 e. The summed E-state index contributed by atoms with van der Waals surface area (Å²) in [5.41, 5.74) is 4.10. The van der Waals surface area contributed by atoms with Crippen LogP contribution in [-0.4, -0.2) is 6.61 Å². The molecule has 0 amide bonds. The topological polar surface area (TPSA) is 21.3 Å². The minimum absolute atomic E-state index is 0.287. The molecule has 3 heteroatoms. The molecule has 0 bridgehead atoms. The van der Waals surface area contributed by atoms with Gasteiger partial charge in [0.25, 0.3) is 0 Å². The number of hydrogen-bond donors (Lipinski definition) is 1. The van der Waals surface area contributed by atoms with Crippen LogP contribution in [-0.2, 0) is 11.3 Å². The highest BCUT2D eigenvalue weighted by molar-refractivity contribution is 7.12. The summed E-state index contributed by atoms with van der Waals surface area (Å²) in [6.45, 7) is 8.11. The van der Waals surface area contributed by atoms with E-state index in [0.717, 1.165) is 13.2 Å². The first-order valence-corrected chi connectivity index (χ1v) is 7.95. The number of rotatable bonds is 3. The van der Waals surface area contributed by atoms with Gasteiger partial charge in [0.15, 0.2) is 0 Å². The molecule has 1 aromatic heterocycles. The van der Waals surface area contributed by atoms with Crippen molar-refractivity contribution in [2.75, 3.05) is 6.61 Å². The minimum Gasteiger partial charge on any atom is -0.375 e. The predicted molar refractivity (Wildman–Crippen MR) is 84.2 cm³/mol. The van der Waals surface area contributed by atoms with Crippen molar-refractivity contribution in [2.24, 2.45) is 0 Å². The van der Waals surface area contributed by atoms with Crippen molar-refractivity contribution in [1.82, 2.24) is 5.32 Å². The van der Waals surface area contributed by atoms with Gasteiger partial charge in [0.2, 0.25) is 0 Å². The van der Waals surface area contributed by atoms with E-state index < -0.39 is 0 Å². The number of hydrogen-bond acceptors (Lipinski definition) is 3. The number of benzene rings is 1. The van der Waals surface area contributed by atoms with Gasteiger partial charge in [-0.05, 0) is 43.5 Å². The number of thiophene rings is 1. The summed E-state index contributed by atoms with van der Waals surface area (Å²) in [6, 6.07) is 11.5. The average molecular weight is 287 g/mol. The Morgan fingerprint density at radius 3 is 2.85 bits per heavy atom. The molecule has 0 fully saturated rings. The molecule has 0 aliphatic carbocycles. The van der Waals surface area contributed by atoms with Gasteiger partial charge in [-0.1, -0.05) is 24.3 Å². The summed E-state index contributed by atoms with van der Waals surface area (Å²) in [7, 11) is 0. The SMILES string of the molecule is Cc1cc(C(C)NC2COCc3ccccc32)c(C)s1. The highest BCUT2D eigenvalue weighted by Crippen LogP contribution is 2.30. The molecule has 1 aromatic carbocycles. The zero-order valence-electron chi connectivity index (χ0n) is 12.3. The normalized spacial score (nSPS) is 19.6. The van der Waals surface area contributed by atoms with Crippen molar-refractivity contribution in [3.63, 3.8) is 0 Å². The lowest BCUT2D eigenvalue weighted by Crippen LogP contribution is -2.31. The van der Waals surface area contributed by atoms with Crippen molar-refractivity contribution >= 4 is 11.3 Å². The highest BCUT2D eigenvalue weighted by Gasteiger charge is 2.23. The van der Waals surface area contributed by atoms with Gasteiger partial charge in [0.1, 0.15) is 0 Å². The molecule has 0 radical (unpaired) electrons. The van der Waals surface area contributed by atoms with E-state index >= 15 is 0 Å². The summed E-state index contributed by atoms with van der Waals surface area (Å²) < 4.78 is 5.72. The number of nitrogens with one attached hydrogen (secondary N) is 1. The van der Waals surface area contributed by atoms with E-state index in [2.05, 4.69) is 56.4 Å². The first-order valence-electron chi connectivity index (χ1n) is 7.13. The van der Waals surface area contributed by atoms with Crippen molar-refractivity contribution in [1.29, 1.82) is 0 Å². The summed E-state index contributed by atoms with van der Waals surface area (Å²) in [5, 5.41) is 3.73. The maximum absolute atomic E-state index is 5.72. The second kappa shape index (κ2) is 5.68. The molecular weight excluding hydrogens is 266 g/mol. The van der Waals surface area contributed by atoms with Crippen LogP contribution in [0.1, 0.15) is 45.5 Å². The Morgan fingerprint density at radius 2 is 2.10 bits per heavy atom. The second-order valence-electron chi connectivity index (χ2n) is 5.52. The summed E-state index contributed by atoms with van der Waals surface area (Å²) in [6.07, 6.45) is 0. The first kappa shape index (κ1) is 13.8. The zero-order valence-corrected chi connectivity index (χ0v) is 13.1. The molecule has 0 spiro atoms. The van der Waals surface area contributed by atoms with Gasteiger partial charge in [-0.25, -0.2) is 0 Å². The second-order valence-corrected chi connectivity index (χ2v) is 6.98. The van der Waals surface area contributed by atoms with Crippen LogP contribution < -0.4 is 5.32 Å². The van der Waals surface area contributed by atoms with Crippen LogP contribution in [0.4, 0.5) is 0 Å². The molecule has 1 aliphatic heterocycles. The molecule has 2 heterocycles. The highest BCUT2D eigenvalue weighted by atomic mass is 32.1. The number of ether oxygens (including phenoxy) is 1. The molecule has 2 unspecified atom stereocenters.